The fourth-order valence-corrected chi connectivity index (χ4v) is 0.881. The zero-order valence-electron chi connectivity index (χ0n) is 7.21. The van der Waals surface area contributed by atoms with Crippen molar-refractivity contribution in [2.24, 2.45) is 5.73 Å². The Morgan fingerprint density at radius 3 is 2.79 bits per heavy atom. The third-order valence-electron chi connectivity index (χ3n) is 1.46. The largest absolute Gasteiger partial charge is 0.336 e. The molecule has 0 radical (unpaired) electrons. The zero-order valence-corrected chi connectivity index (χ0v) is 7.21. The van der Waals surface area contributed by atoms with Gasteiger partial charge in [-0.2, -0.15) is 4.98 Å². The number of hydrogen-bond donors (Lipinski definition) is 2. The lowest BCUT2D eigenvalue weighted by Crippen LogP contribution is -1.97. The molecule has 2 aromatic rings. The molecular weight excluding hydrogens is 184 g/mol. The van der Waals surface area contributed by atoms with Crippen LogP contribution in [0.5, 0.6) is 0 Å². The van der Waals surface area contributed by atoms with Crippen LogP contribution in [0.25, 0.3) is 0 Å². The van der Waals surface area contributed by atoms with Crippen molar-refractivity contribution in [3.8, 4) is 0 Å². The predicted octanol–water partition coefficient (Wildman–Crippen LogP) is 0.0619. The van der Waals surface area contributed by atoms with E-state index in [9.17, 15) is 0 Å². The van der Waals surface area contributed by atoms with Crippen LogP contribution in [0.1, 0.15) is 5.89 Å². The molecule has 0 fully saturated rings. The second kappa shape index (κ2) is 3.79. The summed E-state index contributed by atoms with van der Waals surface area (Å²) < 4.78 is 4.80. The van der Waals surface area contributed by atoms with Gasteiger partial charge in [0, 0.05) is 0 Å². The Hall–Kier alpha value is -2.02. The molecule has 0 bridgehead atoms. The molecule has 0 aliphatic carbocycles. The molecule has 0 aliphatic rings. The summed E-state index contributed by atoms with van der Waals surface area (Å²) in [6.07, 6.45) is 4.64. The summed E-state index contributed by atoms with van der Waals surface area (Å²) in [6, 6.07) is 0. The minimum atomic E-state index is 0.222. The first-order chi connectivity index (χ1) is 6.88. The number of aromatic nitrogens is 4. The number of anilines is 2. The van der Waals surface area contributed by atoms with E-state index in [0.29, 0.717) is 17.5 Å². The molecule has 2 heterocycles. The van der Waals surface area contributed by atoms with Crippen LogP contribution in [-0.4, -0.2) is 20.1 Å². The number of hydrogen-bond acceptors (Lipinski definition) is 7. The van der Waals surface area contributed by atoms with E-state index in [1.807, 2.05) is 0 Å². The van der Waals surface area contributed by atoms with Gasteiger partial charge in [-0.3, -0.25) is 0 Å². The Labute approximate surface area is 79.4 Å². The topological polar surface area (TPSA) is 103 Å². The summed E-state index contributed by atoms with van der Waals surface area (Å²) in [5.41, 5.74) is 6.00. The molecule has 72 valence electrons. The second-order valence-corrected chi connectivity index (χ2v) is 2.47. The SMILES string of the molecule is NCc1nc(Nc2cncnc2)no1. The third-order valence-corrected chi connectivity index (χ3v) is 1.46. The van der Waals surface area contributed by atoms with E-state index >= 15 is 0 Å². The molecule has 14 heavy (non-hydrogen) atoms. The summed E-state index contributed by atoms with van der Waals surface area (Å²) in [4.78, 5) is 11.6. The molecule has 3 N–H and O–H groups in total. The fraction of sp³-hybridized carbons (Fsp3) is 0.143. The lowest BCUT2D eigenvalue weighted by Gasteiger charge is -1.96. The normalized spacial score (nSPS) is 10.1. The second-order valence-electron chi connectivity index (χ2n) is 2.47. The van der Waals surface area contributed by atoms with Gasteiger partial charge in [-0.15, -0.1) is 0 Å². The fourth-order valence-electron chi connectivity index (χ4n) is 0.881. The predicted molar refractivity (Wildman–Crippen MR) is 47.5 cm³/mol. The molecule has 0 aromatic carbocycles. The average Bonchev–Trinajstić information content (AvgIpc) is 2.67. The Balaban J connectivity index is 2.11. The maximum atomic E-state index is 5.31. The van der Waals surface area contributed by atoms with Crippen LogP contribution in [0.2, 0.25) is 0 Å². The van der Waals surface area contributed by atoms with Crippen LogP contribution >= 0.6 is 0 Å². The molecule has 0 spiro atoms. The number of nitrogens with zero attached hydrogens (tertiary/aromatic N) is 4. The van der Waals surface area contributed by atoms with Crippen molar-refractivity contribution in [2.45, 2.75) is 6.54 Å². The van der Waals surface area contributed by atoms with E-state index in [4.69, 9.17) is 10.3 Å². The van der Waals surface area contributed by atoms with E-state index in [-0.39, 0.29) is 6.54 Å². The molecule has 0 aliphatic heterocycles. The summed E-state index contributed by atoms with van der Waals surface area (Å²) in [7, 11) is 0. The van der Waals surface area contributed by atoms with Gasteiger partial charge in [0.1, 0.15) is 6.33 Å². The molecule has 0 atom stereocenters. The van der Waals surface area contributed by atoms with Gasteiger partial charge in [0.25, 0.3) is 5.95 Å². The minimum Gasteiger partial charge on any atom is -0.336 e. The van der Waals surface area contributed by atoms with Gasteiger partial charge in [0.2, 0.25) is 5.89 Å². The van der Waals surface area contributed by atoms with Crippen LogP contribution in [0, 0.1) is 0 Å². The van der Waals surface area contributed by atoms with Gasteiger partial charge >= 0.3 is 0 Å². The standard InChI is InChI=1S/C7H8N6O/c8-1-6-12-7(13-14-6)11-5-2-9-4-10-3-5/h2-4H,1,8H2,(H,11,13). The molecule has 7 heteroatoms. The van der Waals surface area contributed by atoms with Crippen molar-refractivity contribution < 1.29 is 4.52 Å². The van der Waals surface area contributed by atoms with Crippen molar-refractivity contribution in [1.82, 2.24) is 20.1 Å². The molecule has 2 aromatic heterocycles. The summed E-state index contributed by atoms with van der Waals surface area (Å²) in [5.74, 6) is 0.726. The van der Waals surface area contributed by atoms with E-state index in [0.717, 1.165) is 0 Å². The maximum absolute atomic E-state index is 5.31. The van der Waals surface area contributed by atoms with Crippen molar-refractivity contribution in [2.75, 3.05) is 5.32 Å². The van der Waals surface area contributed by atoms with Gasteiger partial charge in [-0.1, -0.05) is 0 Å². The Kier molecular flexibility index (Phi) is 2.32. The molecular formula is C7H8N6O. The highest BCUT2D eigenvalue weighted by molar-refractivity contribution is 5.48. The van der Waals surface area contributed by atoms with Crippen molar-refractivity contribution in [3.63, 3.8) is 0 Å². The van der Waals surface area contributed by atoms with Crippen LogP contribution in [-0.2, 0) is 6.54 Å². The molecule has 0 saturated heterocycles. The Bertz CT molecular complexity index is 400. The maximum Gasteiger partial charge on any atom is 0.268 e. The molecule has 0 unspecified atom stereocenters. The van der Waals surface area contributed by atoms with E-state index in [2.05, 4.69) is 25.4 Å². The number of rotatable bonds is 3. The van der Waals surface area contributed by atoms with Crippen LogP contribution in [0.3, 0.4) is 0 Å². The molecule has 7 nitrogen and oxygen atoms in total. The molecule has 2 rings (SSSR count). The average molecular weight is 192 g/mol. The minimum absolute atomic E-state index is 0.222. The van der Waals surface area contributed by atoms with E-state index < -0.39 is 0 Å². The van der Waals surface area contributed by atoms with Crippen molar-refractivity contribution in [1.29, 1.82) is 0 Å². The third kappa shape index (κ3) is 1.83. The van der Waals surface area contributed by atoms with Crippen LogP contribution in [0.4, 0.5) is 11.6 Å². The van der Waals surface area contributed by atoms with Gasteiger partial charge in [0.15, 0.2) is 0 Å². The number of nitrogens with one attached hydrogen (secondary N) is 1. The first kappa shape index (κ1) is 8.57. The lowest BCUT2D eigenvalue weighted by molar-refractivity contribution is 0.381. The highest BCUT2D eigenvalue weighted by Gasteiger charge is 2.03. The monoisotopic (exact) mass is 192 g/mol. The quantitative estimate of drug-likeness (QED) is 0.708. The summed E-state index contributed by atoms with van der Waals surface area (Å²) in [5, 5.41) is 6.51. The first-order valence-corrected chi connectivity index (χ1v) is 3.93. The van der Waals surface area contributed by atoms with E-state index in [1.165, 1.54) is 6.33 Å². The highest BCUT2D eigenvalue weighted by Crippen LogP contribution is 2.09. The Morgan fingerprint density at radius 2 is 2.14 bits per heavy atom. The van der Waals surface area contributed by atoms with Crippen LogP contribution < -0.4 is 11.1 Å². The van der Waals surface area contributed by atoms with Crippen LogP contribution in [0.15, 0.2) is 23.2 Å². The smallest absolute Gasteiger partial charge is 0.268 e. The van der Waals surface area contributed by atoms with Gasteiger partial charge < -0.3 is 15.6 Å². The molecule has 0 saturated carbocycles. The Morgan fingerprint density at radius 1 is 1.36 bits per heavy atom. The lowest BCUT2D eigenvalue weighted by atomic mass is 10.5. The highest BCUT2D eigenvalue weighted by atomic mass is 16.5. The first-order valence-electron chi connectivity index (χ1n) is 3.93. The summed E-state index contributed by atoms with van der Waals surface area (Å²) >= 11 is 0. The zero-order chi connectivity index (χ0) is 9.80. The summed E-state index contributed by atoms with van der Waals surface area (Å²) in [6.45, 7) is 0.222. The van der Waals surface area contributed by atoms with Crippen molar-refractivity contribution in [3.05, 3.63) is 24.6 Å². The van der Waals surface area contributed by atoms with Crippen molar-refractivity contribution >= 4 is 11.6 Å². The number of nitrogens with two attached hydrogens (primary N) is 1. The van der Waals surface area contributed by atoms with Gasteiger partial charge in [0.05, 0.1) is 24.6 Å². The van der Waals surface area contributed by atoms with Gasteiger partial charge in [-0.25, -0.2) is 9.97 Å². The van der Waals surface area contributed by atoms with Gasteiger partial charge in [-0.05, 0) is 5.16 Å². The van der Waals surface area contributed by atoms with E-state index in [1.54, 1.807) is 12.4 Å². The molecule has 0 amide bonds.